The summed E-state index contributed by atoms with van der Waals surface area (Å²) in [5.41, 5.74) is 7.36. The molecule has 6 aromatic rings. The highest BCUT2D eigenvalue weighted by Crippen LogP contribution is 2.41. The number of imidazole rings is 1. The minimum Gasteiger partial charge on any atom is -0.381 e. The summed E-state index contributed by atoms with van der Waals surface area (Å²) >= 11 is 1.52. The first-order valence-corrected chi connectivity index (χ1v) is 23.0. The number of piperidine rings is 1. The van der Waals surface area contributed by atoms with Crippen molar-refractivity contribution in [2.45, 2.75) is 89.6 Å². The van der Waals surface area contributed by atoms with Gasteiger partial charge in [0.05, 0.1) is 27.9 Å². The smallest absolute Gasteiger partial charge is 0.329 e. The number of aryl methyl sites for hydroxylation is 2. The van der Waals surface area contributed by atoms with Crippen LogP contribution >= 0.6 is 11.3 Å². The highest BCUT2D eigenvalue weighted by molar-refractivity contribution is 7.21. The van der Waals surface area contributed by atoms with Crippen LogP contribution in [0.4, 0.5) is 11.4 Å². The molecule has 3 aliphatic heterocycles. The van der Waals surface area contributed by atoms with Crippen LogP contribution < -0.4 is 26.5 Å². The third-order valence-electron chi connectivity index (χ3n) is 12.9. The number of para-hydroxylation sites is 1. The SMILES string of the molecule is C[C@@H]1CNc2c(sc3ccc4nc(-c5ccc(N6CCN(C(=O)CCCCCCCCCc7cccc8c7n(C)c(=O)n8C7CCC(=O)NC7=O)CC6)cc5)ccc4c23)C(=O)N1. The molecule has 62 heavy (non-hydrogen) atoms. The summed E-state index contributed by atoms with van der Waals surface area (Å²) in [5, 5.41) is 11.0. The Morgan fingerprint density at radius 1 is 0.855 bits per heavy atom. The maximum absolute atomic E-state index is 13.2. The largest absolute Gasteiger partial charge is 0.381 e. The number of hydrogen-bond acceptors (Lipinski definition) is 9. The number of pyridine rings is 1. The summed E-state index contributed by atoms with van der Waals surface area (Å²) in [6.07, 6.45) is 9.44. The number of fused-ring (bicyclic) bond motifs is 6. The third-order valence-corrected chi connectivity index (χ3v) is 14.1. The number of aromatic nitrogens is 3. The summed E-state index contributed by atoms with van der Waals surface area (Å²) in [6, 6.07) is 22.1. The molecule has 3 aromatic heterocycles. The fourth-order valence-corrected chi connectivity index (χ4v) is 10.6. The van der Waals surface area contributed by atoms with E-state index in [1.165, 1.54) is 11.3 Å². The zero-order valence-electron chi connectivity index (χ0n) is 35.5. The van der Waals surface area contributed by atoms with Gasteiger partial charge < -0.3 is 20.4 Å². The van der Waals surface area contributed by atoms with Crippen molar-refractivity contribution in [2.75, 3.05) is 42.9 Å². The van der Waals surface area contributed by atoms with Gasteiger partial charge in [-0.1, -0.05) is 56.4 Å². The van der Waals surface area contributed by atoms with E-state index in [0.717, 1.165) is 143 Å². The Morgan fingerprint density at radius 2 is 1.61 bits per heavy atom. The zero-order valence-corrected chi connectivity index (χ0v) is 36.3. The fraction of sp³-hybridized carbons (Fsp3) is 0.417. The molecular weight excluding hydrogens is 801 g/mol. The van der Waals surface area contributed by atoms with Gasteiger partial charge in [0.25, 0.3) is 5.91 Å². The van der Waals surface area contributed by atoms with Gasteiger partial charge in [-0.3, -0.25) is 33.6 Å². The van der Waals surface area contributed by atoms with Crippen molar-refractivity contribution in [2.24, 2.45) is 7.05 Å². The van der Waals surface area contributed by atoms with E-state index in [1.54, 1.807) is 16.2 Å². The van der Waals surface area contributed by atoms with Crippen LogP contribution in [-0.4, -0.2) is 81.4 Å². The Labute approximate surface area is 364 Å². The van der Waals surface area contributed by atoms with Crippen LogP contribution in [0.15, 0.2) is 71.5 Å². The van der Waals surface area contributed by atoms with Gasteiger partial charge >= 0.3 is 5.69 Å². The lowest BCUT2D eigenvalue weighted by molar-refractivity contribution is -0.136. The van der Waals surface area contributed by atoms with Crippen molar-refractivity contribution in [1.29, 1.82) is 0 Å². The molecule has 322 valence electrons. The van der Waals surface area contributed by atoms with Crippen LogP contribution in [0.2, 0.25) is 0 Å². The molecule has 2 atom stereocenters. The quantitative estimate of drug-likeness (QED) is 0.0810. The number of amides is 4. The average molecular weight is 855 g/mol. The van der Waals surface area contributed by atoms with Crippen LogP contribution in [-0.2, 0) is 27.9 Å². The molecule has 6 heterocycles. The Hall–Kier alpha value is -6.02. The normalized spacial score (nSPS) is 18.2. The predicted molar refractivity (Wildman–Crippen MR) is 246 cm³/mol. The van der Waals surface area contributed by atoms with Gasteiger partial charge in [-0.25, -0.2) is 9.78 Å². The van der Waals surface area contributed by atoms with Gasteiger partial charge in [0, 0.05) is 85.4 Å². The molecule has 0 radical (unpaired) electrons. The number of carbonyl (C=O) groups is 4. The van der Waals surface area contributed by atoms with Gasteiger partial charge in [-0.2, -0.15) is 0 Å². The summed E-state index contributed by atoms with van der Waals surface area (Å²) in [6.45, 7) is 5.76. The number of imide groups is 1. The number of nitrogens with zero attached hydrogens (tertiary/aromatic N) is 5. The highest BCUT2D eigenvalue weighted by atomic mass is 32.1. The standard InChI is InChI=1S/C48H54N8O5S/c1-30-29-49-43-42-34-19-20-35(51-36(34)21-23-39(42)62-45(43)47(60)50-30)31-15-17-33(18-16-31)54-25-27-55(28-26-54)41(58)14-9-7-5-3-4-6-8-11-32-12-10-13-37-44(32)53(2)48(61)56(37)38-22-24-40(57)52-46(38)59/h10,12-13,15-21,23,30,38,49H,3-9,11,14,22,24-29H2,1-2H3,(H,50,60)(H,52,57,59)/t30-,38?/m1/s1. The van der Waals surface area contributed by atoms with E-state index >= 15 is 0 Å². The number of hydrogen-bond donors (Lipinski definition) is 3. The van der Waals surface area contributed by atoms with Crippen LogP contribution in [0.3, 0.4) is 0 Å². The van der Waals surface area contributed by atoms with Crippen molar-refractivity contribution in [3.63, 3.8) is 0 Å². The highest BCUT2D eigenvalue weighted by Gasteiger charge is 2.32. The Kier molecular flexibility index (Phi) is 11.8. The number of thiophene rings is 1. The predicted octanol–water partition coefficient (Wildman–Crippen LogP) is 7.30. The zero-order chi connectivity index (χ0) is 42.9. The summed E-state index contributed by atoms with van der Waals surface area (Å²) in [7, 11) is 1.75. The van der Waals surface area contributed by atoms with Crippen molar-refractivity contribution in [3.8, 4) is 11.3 Å². The molecule has 0 saturated carbocycles. The number of benzene rings is 3. The van der Waals surface area contributed by atoms with E-state index in [2.05, 4.69) is 69.4 Å². The summed E-state index contributed by atoms with van der Waals surface area (Å²) < 4.78 is 4.26. The van der Waals surface area contributed by atoms with E-state index in [-0.39, 0.29) is 35.9 Å². The number of piperazine rings is 1. The molecule has 0 aliphatic carbocycles. The summed E-state index contributed by atoms with van der Waals surface area (Å²) in [5.74, 6) is -0.485. The van der Waals surface area contributed by atoms with E-state index in [9.17, 15) is 24.0 Å². The molecule has 2 saturated heterocycles. The second kappa shape index (κ2) is 17.8. The van der Waals surface area contributed by atoms with Crippen molar-refractivity contribution in [1.82, 2.24) is 29.7 Å². The first kappa shape index (κ1) is 41.3. The van der Waals surface area contributed by atoms with Gasteiger partial charge in [-0.05, 0) is 80.6 Å². The second-order valence-corrected chi connectivity index (χ2v) is 18.2. The maximum atomic E-state index is 13.2. The molecule has 9 rings (SSSR count). The molecule has 0 spiro atoms. The van der Waals surface area contributed by atoms with Gasteiger partial charge in [-0.15, -0.1) is 11.3 Å². The minimum absolute atomic E-state index is 0.0276. The number of rotatable bonds is 13. The number of anilines is 2. The van der Waals surface area contributed by atoms with Crippen LogP contribution in [0, 0.1) is 0 Å². The Balaban J connectivity index is 0.694. The molecule has 3 aliphatic rings. The number of nitrogens with one attached hydrogen (secondary N) is 3. The van der Waals surface area contributed by atoms with Gasteiger partial charge in [0.2, 0.25) is 17.7 Å². The van der Waals surface area contributed by atoms with Gasteiger partial charge in [0.1, 0.15) is 10.9 Å². The molecule has 4 amide bonds. The molecule has 1 unspecified atom stereocenters. The monoisotopic (exact) mass is 854 g/mol. The molecule has 2 fully saturated rings. The van der Waals surface area contributed by atoms with E-state index in [0.29, 0.717) is 19.4 Å². The number of unbranched alkanes of at least 4 members (excludes halogenated alkanes) is 6. The first-order chi connectivity index (χ1) is 30.1. The van der Waals surface area contributed by atoms with Crippen molar-refractivity contribution in [3.05, 3.63) is 87.7 Å². The average Bonchev–Trinajstić information content (AvgIpc) is 3.74. The first-order valence-electron chi connectivity index (χ1n) is 22.2. The molecule has 13 nitrogen and oxygen atoms in total. The van der Waals surface area contributed by atoms with Gasteiger partial charge in [0.15, 0.2) is 0 Å². The third kappa shape index (κ3) is 8.19. The Bertz CT molecular complexity index is 2750. The lowest BCUT2D eigenvalue weighted by Gasteiger charge is -2.36. The van der Waals surface area contributed by atoms with Crippen LogP contribution in [0.5, 0.6) is 0 Å². The van der Waals surface area contributed by atoms with Crippen molar-refractivity contribution >= 4 is 78.4 Å². The Morgan fingerprint density at radius 3 is 2.39 bits per heavy atom. The lowest BCUT2D eigenvalue weighted by Crippen LogP contribution is -2.48. The van der Waals surface area contributed by atoms with Crippen molar-refractivity contribution < 1.29 is 19.2 Å². The summed E-state index contributed by atoms with van der Waals surface area (Å²) in [4.78, 5) is 73.6. The lowest BCUT2D eigenvalue weighted by atomic mass is 10.0. The van der Waals surface area contributed by atoms with E-state index < -0.39 is 11.9 Å². The van der Waals surface area contributed by atoms with E-state index in [4.69, 9.17) is 4.98 Å². The topological polar surface area (TPSA) is 151 Å². The minimum atomic E-state index is -0.677. The molecule has 14 heteroatoms. The molecular formula is C48H54N8O5S. The second-order valence-electron chi connectivity index (χ2n) is 17.1. The molecule has 3 N–H and O–H groups in total. The maximum Gasteiger partial charge on any atom is 0.329 e. The molecule has 3 aromatic carbocycles. The van der Waals surface area contributed by atoms with Crippen LogP contribution in [0.1, 0.15) is 92.4 Å². The van der Waals surface area contributed by atoms with E-state index in [1.807, 2.05) is 30.0 Å². The molecule has 0 bridgehead atoms. The van der Waals surface area contributed by atoms with Crippen LogP contribution in [0.25, 0.3) is 43.3 Å². The number of carbonyl (C=O) groups excluding carboxylic acids is 4. The fourth-order valence-electron chi connectivity index (χ4n) is 9.53.